The zero-order valence-corrected chi connectivity index (χ0v) is 16.5. The first kappa shape index (κ1) is 23.5. The molecular weight excluding hydrogens is 332 g/mol. The van der Waals surface area contributed by atoms with Gasteiger partial charge in [0.05, 0.1) is 0 Å². The van der Waals surface area contributed by atoms with Crippen molar-refractivity contribution >= 4 is 17.6 Å². The molecule has 0 radical (unpaired) electrons. The molecule has 1 unspecified atom stereocenters. The SMILES string of the molecule is CCC=CCC=CCC=CCC=CCC=CCCCC(Cl)OC(C)=O. The van der Waals surface area contributed by atoms with Crippen LogP contribution >= 0.6 is 11.6 Å². The van der Waals surface area contributed by atoms with Gasteiger partial charge in [-0.2, -0.15) is 0 Å². The van der Waals surface area contributed by atoms with E-state index in [-0.39, 0.29) is 5.97 Å². The van der Waals surface area contributed by atoms with Gasteiger partial charge in [-0.25, -0.2) is 0 Å². The van der Waals surface area contributed by atoms with Crippen LogP contribution in [0.25, 0.3) is 0 Å². The Morgan fingerprint density at radius 2 is 1.28 bits per heavy atom. The van der Waals surface area contributed by atoms with Gasteiger partial charge in [-0.05, 0) is 51.4 Å². The Kier molecular flexibility index (Phi) is 17.6. The molecule has 2 nitrogen and oxygen atoms in total. The smallest absolute Gasteiger partial charge is 0.304 e. The predicted molar refractivity (Wildman–Crippen MR) is 110 cm³/mol. The predicted octanol–water partition coefficient (Wildman–Crippen LogP) is 7.04. The number of allylic oxidation sites excluding steroid dienone is 10. The second kappa shape index (κ2) is 18.8. The number of hydrogen-bond donors (Lipinski definition) is 0. The van der Waals surface area contributed by atoms with Gasteiger partial charge in [0, 0.05) is 6.92 Å². The van der Waals surface area contributed by atoms with Crippen LogP contribution in [0.5, 0.6) is 0 Å². The van der Waals surface area contributed by atoms with Crippen LogP contribution in [0, 0.1) is 0 Å². The molecule has 0 aromatic rings. The quantitative estimate of drug-likeness (QED) is 0.143. The molecule has 0 saturated carbocycles. The number of halogens is 1. The van der Waals surface area contributed by atoms with Gasteiger partial charge in [-0.1, -0.05) is 79.3 Å². The molecule has 0 N–H and O–H groups in total. The lowest BCUT2D eigenvalue weighted by Crippen LogP contribution is -2.08. The Hall–Kier alpha value is -1.54. The van der Waals surface area contributed by atoms with Gasteiger partial charge < -0.3 is 4.74 Å². The molecule has 0 aromatic carbocycles. The number of carbonyl (C=O) groups excluding carboxylic acids is 1. The molecule has 0 heterocycles. The zero-order chi connectivity index (χ0) is 18.6. The average Bonchev–Trinajstić information content (AvgIpc) is 2.57. The van der Waals surface area contributed by atoms with Crippen molar-refractivity contribution in [1.29, 1.82) is 0 Å². The fourth-order valence-corrected chi connectivity index (χ4v) is 2.28. The summed E-state index contributed by atoms with van der Waals surface area (Å²) in [5.41, 5.74) is -0.500. The Balaban J connectivity index is 3.51. The van der Waals surface area contributed by atoms with Crippen molar-refractivity contribution < 1.29 is 9.53 Å². The summed E-state index contributed by atoms with van der Waals surface area (Å²) in [6, 6.07) is 0. The van der Waals surface area contributed by atoms with Gasteiger partial charge >= 0.3 is 5.97 Å². The van der Waals surface area contributed by atoms with E-state index in [9.17, 15) is 4.79 Å². The minimum Gasteiger partial charge on any atom is -0.446 e. The topological polar surface area (TPSA) is 26.3 Å². The molecule has 140 valence electrons. The third-order valence-corrected chi connectivity index (χ3v) is 3.56. The number of ether oxygens (including phenoxy) is 1. The van der Waals surface area contributed by atoms with Crippen LogP contribution in [0.2, 0.25) is 0 Å². The normalized spacial score (nSPS) is 13.9. The molecule has 0 fully saturated rings. The summed E-state index contributed by atoms with van der Waals surface area (Å²) in [4.78, 5) is 10.7. The van der Waals surface area contributed by atoms with E-state index in [1.165, 1.54) is 6.92 Å². The van der Waals surface area contributed by atoms with E-state index in [1.54, 1.807) is 0 Å². The molecule has 0 rings (SSSR count). The van der Waals surface area contributed by atoms with Crippen molar-refractivity contribution in [3.05, 3.63) is 60.8 Å². The summed E-state index contributed by atoms with van der Waals surface area (Å²) in [5, 5.41) is 0. The lowest BCUT2D eigenvalue weighted by atomic mass is 10.2. The summed E-state index contributed by atoms with van der Waals surface area (Å²) >= 11 is 5.85. The fourth-order valence-electron chi connectivity index (χ4n) is 2.00. The molecular formula is C22H33ClO2. The highest BCUT2D eigenvalue weighted by molar-refractivity contribution is 6.20. The molecule has 0 aliphatic carbocycles. The second-order valence-electron chi connectivity index (χ2n) is 5.66. The highest BCUT2D eigenvalue weighted by Gasteiger charge is 2.05. The van der Waals surface area contributed by atoms with E-state index >= 15 is 0 Å². The third-order valence-electron chi connectivity index (χ3n) is 3.25. The number of carbonyl (C=O) groups is 1. The fraction of sp³-hybridized carbons (Fsp3) is 0.500. The molecule has 0 amide bonds. The maximum atomic E-state index is 10.7. The van der Waals surface area contributed by atoms with Gasteiger partial charge in [0.15, 0.2) is 5.56 Å². The van der Waals surface area contributed by atoms with Crippen LogP contribution in [0.1, 0.15) is 65.2 Å². The van der Waals surface area contributed by atoms with Crippen LogP contribution in [-0.4, -0.2) is 11.5 Å². The first-order chi connectivity index (χ1) is 12.2. The van der Waals surface area contributed by atoms with Crippen molar-refractivity contribution in [2.24, 2.45) is 0 Å². The van der Waals surface area contributed by atoms with E-state index in [0.29, 0.717) is 6.42 Å². The van der Waals surface area contributed by atoms with E-state index in [2.05, 4.69) is 67.7 Å². The summed E-state index contributed by atoms with van der Waals surface area (Å²) in [6.45, 7) is 3.52. The molecule has 0 saturated heterocycles. The lowest BCUT2D eigenvalue weighted by Gasteiger charge is -2.07. The number of hydrogen-bond acceptors (Lipinski definition) is 2. The second-order valence-corrected chi connectivity index (χ2v) is 6.15. The van der Waals surface area contributed by atoms with E-state index in [0.717, 1.165) is 44.9 Å². The molecule has 25 heavy (non-hydrogen) atoms. The molecule has 0 spiro atoms. The van der Waals surface area contributed by atoms with Gasteiger partial charge in [0.25, 0.3) is 0 Å². The van der Waals surface area contributed by atoms with Gasteiger partial charge in [0.1, 0.15) is 0 Å². The summed E-state index contributed by atoms with van der Waals surface area (Å²) in [5.74, 6) is -0.324. The Labute approximate surface area is 159 Å². The van der Waals surface area contributed by atoms with E-state index in [1.807, 2.05) is 0 Å². The van der Waals surface area contributed by atoms with Crippen LogP contribution in [-0.2, 0) is 9.53 Å². The first-order valence-corrected chi connectivity index (χ1v) is 9.66. The summed E-state index contributed by atoms with van der Waals surface area (Å²) < 4.78 is 4.86. The van der Waals surface area contributed by atoms with E-state index in [4.69, 9.17) is 16.3 Å². The van der Waals surface area contributed by atoms with Crippen LogP contribution in [0.4, 0.5) is 0 Å². The standard InChI is InChI=1S/C22H33ClO2/c1-3-4-5-6-7-8-9-10-11-12-13-14-15-16-17-18-19-20-22(23)25-21(2)24/h4-5,7-8,10-11,13-14,16-17,22H,3,6,9,12,15,18-20H2,1-2H3. The van der Waals surface area contributed by atoms with Crippen molar-refractivity contribution in [1.82, 2.24) is 0 Å². The minimum absolute atomic E-state index is 0.324. The number of esters is 1. The minimum atomic E-state index is -0.500. The number of alkyl halides is 1. The number of unbranched alkanes of at least 4 members (excludes halogenated alkanes) is 1. The molecule has 0 aliphatic heterocycles. The van der Waals surface area contributed by atoms with Gasteiger partial charge in [0.2, 0.25) is 0 Å². The van der Waals surface area contributed by atoms with E-state index < -0.39 is 5.56 Å². The van der Waals surface area contributed by atoms with Crippen LogP contribution in [0.3, 0.4) is 0 Å². The van der Waals surface area contributed by atoms with Gasteiger partial charge in [-0.15, -0.1) is 0 Å². The summed E-state index contributed by atoms with van der Waals surface area (Å²) in [6.07, 6.45) is 29.5. The molecule has 0 bridgehead atoms. The Morgan fingerprint density at radius 1 is 0.840 bits per heavy atom. The average molecular weight is 365 g/mol. The number of rotatable bonds is 14. The highest BCUT2D eigenvalue weighted by atomic mass is 35.5. The van der Waals surface area contributed by atoms with Crippen molar-refractivity contribution in [2.75, 3.05) is 0 Å². The molecule has 3 heteroatoms. The first-order valence-electron chi connectivity index (χ1n) is 9.23. The Bertz CT molecular complexity index is 459. The Morgan fingerprint density at radius 3 is 1.72 bits per heavy atom. The highest BCUT2D eigenvalue weighted by Crippen LogP contribution is 2.09. The molecule has 0 aromatic heterocycles. The maximum Gasteiger partial charge on any atom is 0.304 e. The van der Waals surface area contributed by atoms with Crippen LogP contribution in [0.15, 0.2) is 60.8 Å². The van der Waals surface area contributed by atoms with Crippen molar-refractivity contribution in [2.45, 2.75) is 70.8 Å². The largest absolute Gasteiger partial charge is 0.446 e. The van der Waals surface area contributed by atoms with Crippen molar-refractivity contribution in [3.63, 3.8) is 0 Å². The van der Waals surface area contributed by atoms with Crippen LogP contribution < -0.4 is 0 Å². The third kappa shape index (κ3) is 20.4. The van der Waals surface area contributed by atoms with Gasteiger partial charge in [-0.3, -0.25) is 4.79 Å². The summed E-state index contributed by atoms with van der Waals surface area (Å²) in [7, 11) is 0. The van der Waals surface area contributed by atoms with Crippen molar-refractivity contribution in [3.8, 4) is 0 Å². The molecule has 0 aliphatic rings. The lowest BCUT2D eigenvalue weighted by molar-refractivity contribution is -0.142. The zero-order valence-electron chi connectivity index (χ0n) is 15.7. The monoisotopic (exact) mass is 364 g/mol. The molecule has 1 atom stereocenters. The maximum absolute atomic E-state index is 10.7.